The number of nitrogens with zero attached hydrogens (tertiary/aromatic N) is 1. The first-order valence-corrected chi connectivity index (χ1v) is 10.0. The van der Waals surface area contributed by atoms with E-state index in [2.05, 4.69) is 21.7 Å². The predicted molar refractivity (Wildman–Crippen MR) is 118 cm³/mol. The Kier molecular flexibility index (Phi) is 5.35. The fraction of sp³-hybridized carbons (Fsp3) is 0.0870. The molecule has 6 heteroatoms. The van der Waals surface area contributed by atoms with Crippen LogP contribution in [0, 0.1) is 0 Å². The van der Waals surface area contributed by atoms with Crippen LogP contribution in [0.4, 0.5) is 11.4 Å². The van der Waals surface area contributed by atoms with Crippen molar-refractivity contribution in [3.63, 3.8) is 0 Å². The zero-order valence-corrected chi connectivity index (χ0v) is 16.6. The maximum Gasteiger partial charge on any atom is 0.255 e. The lowest BCUT2D eigenvalue weighted by Crippen LogP contribution is -2.12. The quantitative estimate of drug-likeness (QED) is 0.489. The lowest BCUT2D eigenvalue weighted by molar-refractivity contribution is -0.114. The Morgan fingerprint density at radius 2 is 1.52 bits per heavy atom. The van der Waals surface area contributed by atoms with Crippen LogP contribution in [0.15, 0.2) is 72.8 Å². The van der Waals surface area contributed by atoms with Gasteiger partial charge in [0.2, 0.25) is 5.91 Å². The Bertz CT molecular complexity index is 1130. The molecule has 0 radical (unpaired) electrons. The van der Waals surface area contributed by atoms with Gasteiger partial charge in [-0.1, -0.05) is 24.3 Å². The molecule has 2 N–H and O–H groups in total. The van der Waals surface area contributed by atoms with Gasteiger partial charge in [0.1, 0.15) is 0 Å². The molecule has 0 aliphatic heterocycles. The number of carbonyl (C=O) groups excluding carboxylic acids is 2. The van der Waals surface area contributed by atoms with Crippen LogP contribution in [0.25, 0.3) is 10.2 Å². The molecular formula is C23H19N3O2S. The van der Waals surface area contributed by atoms with Crippen LogP contribution in [0.3, 0.4) is 0 Å². The molecule has 29 heavy (non-hydrogen) atoms. The van der Waals surface area contributed by atoms with Crippen LogP contribution in [0.2, 0.25) is 0 Å². The van der Waals surface area contributed by atoms with Gasteiger partial charge in [-0.15, -0.1) is 11.3 Å². The summed E-state index contributed by atoms with van der Waals surface area (Å²) < 4.78 is 1.19. The molecule has 144 valence electrons. The largest absolute Gasteiger partial charge is 0.326 e. The number of hydrogen-bond acceptors (Lipinski definition) is 4. The molecule has 3 aromatic carbocycles. The van der Waals surface area contributed by atoms with Gasteiger partial charge in [-0.3, -0.25) is 9.59 Å². The number of anilines is 2. The van der Waals surface area contributed by atoms with E-state index < -0.39 is 0 Å². The molecule has 0 saturated carbocycles. The van der Waals surface area contributed by atoms with Crippen LogP contribution in [0.1, 0.15) is 27.9 Å². The van der Waals surface area contributed by atoms with Crippen LogP contribution in [-0.2, 0) is 11.2 Å². The maximum absolute atomic E-state index is 12.4. The summed E-state index contributed by atoms with van der Waals surface area (Å²) in [7, 11) is 0. The first-order valence-electron chi connectivity index (χ1n) is 9.19. The molecule has 1 aromatic heterocycles. The fourth-order valence-electron chi connectivity index (χ4n) is 2.99. The molecule has 0 saturated heterocycles. The maximum atomic E-state index is 12.4. The standard InChI is InChI=1S/C23H19N3O2S/c1-15(27)24-18-12-8-17(9-13-18)23(28)25-19-10-6-16(7-11-19)14-22-26-20-4-2-3-5-21(20)29-22/h2-13H,14H2,1H3,(H,24,27)(H,25,28). The lowest BCUT2D eigenvalue weighted by atomic mass is 10.1. The van der Waals surface area contributed by atoms with Gasteiger partial charge >= 0.3 is 0 Å². The summed E-state index contributed by atoms with van der Waals surface area (Å²) in [6.07, 6.45) is 0.762. The topological polar surface area (TPSA) is 71.1 Å². The van der Waals surface area contributed by atoms with Crippen molar-refractivity contribution in [2.45, 2.75) is 13.3 Å². The van der Waals surface area contributed by atoms with Crippen LogP contribution >= 0.6 is 11.3 Å². The molecule has 0 fully saturated rings. The monoisotopic (exact) mass is 401 g/mol. The van der Waals surface area contributed by atoms with Crippen molar-refractivity contribution >= 4 is 44.7 Å². The number of para-hydroxylation sites is 1. The molecule has 0 unspecified atom stereocenters. The second-order valence-corrected chi connectivity index (χ2v) is 7.78. The van der Waals surface area contributed by atoms with Crippen molar-refractivity contribution in [2.24, 2.45) is 0 Å². The first-order chi connectivity index (χ1) is 14.1. The van der Waals surface area contributed by atoms with Crippen LogP contribution in [-0.4, -0.2) is 16.8 Å². The molecule has 2 amide bonds. The van der Waals surface area contributed by atoms with Crippen LogP contribution in [0.5, 0.6) is 0 Å². The Morgan fingerprint density at radius 1 is 0.862 bits per heavy atom. The number of amides is 2. The number of hydrogen-bond donors (Lipinski definition) is 2. The van der Waals surface area contributed by atoms with Crippen molar-refractivity contribution in [2.75, 3.05) is 10.6 Å². The van der Waals surface area contributed by atoms with Gasteiger partial charge in [0, 0.05) is 30.3 Å². The van der Waals surface area contributed by atoms with Crippen molar-refractivity contribution in [1.29, 1.82) is 0 Å². The van der Waals surface area contributed by atoms with Gasteiger partial charge in [-0.2, -0.15) is 0 Å². The highest BCUT2D eigenvalue weighted by Gasteiger charge is 2.08. The van der Waals surface area contributed by atoms with E-state index in [4.69, 9.17) is 0 Å². The molecule has 0 aliphatic rings. The summed E-state index contributed by atoms with van der Waals surface area (Å²) in [5, 5.41) is 6.64. The minimum atomic E-state index is -0.196. The van der Waals surface area contributed by atoms with Gasteiger partial charge < -0.3 is 10.6 Å². The summed E-state index contributed by atoms with van der Waals surface area (Å²) >= 11 is 1.70. The summed E-state index contributed by atoms with van der Waals surface area (Å²) in [5.41, 5.74) is 4.09. The Hall–Kier alpha value is -3.51. The SMILES string of the molecule is CC(=O)Nc1ccc(C(=O)Nc2ccc(Cc3nc4ccccc4s3)cc2)cc1. The normalized spacial score (nSPS) is 10.7. The highest BCUT2D eigenvalue weighted by Crippen LogP contribution is 2.24. The van der Waals surface area contributed by atoms with E-state index in [1.54, 1.807) is 35.6 Å². The molecule has 0 bridgehead atoms. The summed E-state index contributed by atoms with van der Waals surface area (Å²) in [6.45, 7) is 1.45. The van der Waals surface area contributed by atoms with E-state index in [0.717, 1.165) is 28.2 Å². The highest BCUT2D eigenvalue weighted by atomic mass is 32.1. The predicted octanol–water partition coefficient (Wildman–Crippen LogP) is 5.10. The number of nitrogens with one attached hydrogen (secondary N) is 2. The van der Waals surface area contributed by atoms with Crippen molar-refractivity contribution in [3.8, 4) is 0 Å². The van der Waals surface area contributed by atoms with Crippen molar-refractivity contribution in [1.82, 2.24) is 4.98 Å². The third-order valence-corrected chi connectivity index (χ3v) is 5.41. The van der Waals surface area contributed by atoms with E-state index >= 15 is 0 Å². The Balaban J connectivity index is 1.39. The second kappa shape index (κ2) is 8.24. The van der Waals surface area contributed by atoms with Gasteiger partial charge in [-0.05, 0) is 54.1 Å². The van der Waals surface area contributed by atoms with Crippen molar-refractivity contribution < 1.29 is 9.59 Å². The summed E-state index contributed by atoms with van der Waals surface area (Å²) in [4.78, 5) is 28.1. The molecule has 5 nitrogen and oxygen atoms in total. The average Bonchev–Trinajstić information content (AvgIpc) is 3.12. The molecule has 0 spiro atoms. The number of rotatable bonds is 5. The third kappa shape index (κ3) is 4.67. The number of thiazole rings is 1. The number of aromatic nitrogens is 1. The zero-order valence-electron chi connectivity index (χ0n) is 15.8. The number of carbonyl (C=O) groups is 2. The lowest BCUT2D eigenvalue weighted by Gasteiger charge is -2.07. The summed E-state index contributed by atoms with van der Waals surface area (Å²) in [6, 6.07) is 22.7. The molecule has 4 rings (SSSR count). The number of fused-ring (bicyclic) bond motifs is 1. The Morgan fingerprint density at radius 3 is 2.21 bits per heavy atom. The molecule has 4 aromatic rings. The van der Waals surface area contributed by atoms with Gasteiger partial charge in [0.05, 0.1) is 15.2 Å². The second-order valence-electron chi connectivity index (χ2n) is 6.66. The van der Waals surface area contributed by atoms with E-state index in [1.807, 2.05) is 42.5 Å². The highest BCUT2D eigenvalue weighted by molar-refractivity contribution is 7.18. The minimum Gasteiger partial charge on any atom is -0.326 e. The Labute approximate surface area is 172 Å². The summed E-state index contributed by atoms with van der Waals surface area (Å²) in [5.74, 6) is -0.341. The van der Waals surface area contributed by atoms with Crippen LogP contribution < -0.4 is 10.6 Å². The molecule has 1 heterocycles. The fourth-order valence-corrected chi connectivity index (χ4v) is 3.99. The molecular weight excluding hydrogens is 382 g/mol. The van der Waals surface area contributed by atoms with E-state index in [-0.39, 0.29) is 11.8 Å². The van der Waals surface area contributed by atoms with E-state index in [9.17, 15) is 9.59 Å². The number of benzene rings is 3. The smallest absolute Gasteiger partial charge is 0.255 e. The average molecular weight is 401 g/mol. The van der Waals surface area contributed by atoms with Gasteiger partial charge in [-0.25, -0.2) is 4.98 Å². The van der Waals surface area contributed by atoms with Crippen molar-refractivity contribution in [3.05, 3.63) is 88.9 Å². The van der Waals surface area contributed by atoms with Gasteiger partial charge in [0.15, 0.2) is 0 Å². The first kappa shape index (κ1) is 18.8. The van der Waals surface area contributed by atoms with E-state index in [1.165, 1.54) is 11.6 Å². The molecule has 0 aliphatic carbocycles. The van der Waals surface area contributed by atoms with Gasteiger partial charge in [0.25, 0.3) is 5.91 Å². The zero-order chi connectivity index (χ0) is 20.2. The minimum absolute atomic E-state index is 0.145. The molecule has 0 atom stereocenters. The third-order valence-electron chi connectivity index (χ3n) is 4.37. The van der Waals surface area contributed by atoms with E-state index in [0.29, 0.717) is 11.3 Å².